The van der Waals surface area contributed by atoms with Gasteiger partial charge in [0, 0.05) is 18.7 Å². The van der Waals surface area contributed by atoms with Crippen LogP contribution in [-0.4, -0.2) is 35.9 Å². The largest absolute Gasteiger partial charge is 0.479 e. The number of hydrogen-bond donors (Lipinski definition) is 3. The summed E-state index contributed by atoms with van der Waals surface area (Å²) >= 11 is 0. The number of aryl methyl sites for hydroxylation is 1. The first kappa shape index (κ1) is 14.3. The normalized spacial score (nSPS) is 21.4. The Labute approximate surface area is 117 Å². The Bertz CT molecular complexity index is 510. The van der Waals surface area contributed by atoms with Crippen LogP contribution in [0.25, 0.3) is 0 Å². The highest BCUT2D eigenvalue weighted by molar-refractivity contribution is 5.94. The van der Waals surface area contributed by atoms with Crippen LogP contribution in [-0.2, 0) is 16.0 Å². The monoisotopic (exact) mass is 278 g/mol. The SMILES string of the molecule is CCc1ccccc1NC(=O)NC1(C(=O)O)CCOC1. The number of nitrogens with one attached hydrogen (secondary N) is 2. The van der Waals surface area contributed by atoms with Crippen molar-refractivity contribution in [1.82, 2.24) is 5.32 Å². The molecule has 1 heterocycles. The van der Waals surface area contributed by atoms with E-state index in [1.807, 2.05) is 25.1 Å². The number of para-hydroxylation sites is 1. The summed E-state index contributed by atoms with van der Waals surface area (Å²) in [6, 6.07) is 6.89. The molecule has 20 heavy (non-hydrogen) atoms. The van der Waals surface area contributed by atoms with Crippen LogP contribution in [0.4, 0.5) is 10.5 Å². The number of amides is 2. The van der Waals surface area contributed by atoms with Crippen LogP contribution < -0.4 is 10.6 Å². The van der Waals surface area contributed by atoms with Gasteiger partial charge in [0.05, 0.1) is 6.61 Å². The van der Waals surface area contributed by atoms with Gasteiger partial charge in [-0.05, 0) is 18.1 Å². The zero-order valence-corrected chi connectivity index (χ0v) is 11.3. The number of hydrogen-bond acceptors (Lipinski definition) is 3. The summed E-state index contributed by atoms with van der Waals surface area (Å²) in [6.45, 7) is 2.31. The van der Waals surface area contributed by atoms with Gasteiger partial charge in [0.15, 0.2) is 5.54 Å². The molecule has 1 saturated heterocycles. The lowest BCUT2D eigenvalue weighted by Gasteiger charge is -2.24. The van der Waals surface area contributed by atoms with E-state index in [-0.39, 0.29) is 13.0 Å². The predicted octanol–water partition coefficient (Wildman–Crippen LogP) is 1.61. The smallest absolute Gasteiger partial charge is 0.332 e. The van der Waals surface area contributed by atoms with Gasteiger partial charge in [0.25, 0.3) is 0 Å². The number of carbonyl (C=O) groups is 2. The molecule has 2 rings (SSSR count). The van der Waals surface area contributed by atoms with Crippen molar-refractivity contribution in [3.8, 4) is 0 Å². The maximum Gasteiger partial charge on any atom is 0.332 e. The summed E-state index contributed by atoms with van der Waals surface area (Å²) in [6.07, 6.45) is 1.05. The predicted molar refractivity (Wildman–Crippen MR) is 73.8 cm³/mol. The van der Waals surface area contributed by atoms with Crippen molar-refractivity contribution in [2.24, 2.45) is 0 Å². The molecule has 0 aromatic heterocycles. The van der Waals surface area contributed by atoms with Crippen molar-refractivity contribution < 1.29 is 19.4 Å². The Hall–Kier alpha value is -2.08. The first-order chi connectivity index (χ1) is 9.57. The van der Waals surface area contributed by atoms with Crippen molar-refractivity contribution in [3.63, 3.8) is 0 Å². The zero-order valence-electron chi connectivity index (χ0n) is 11.3. The lowest BCUT2D eigenvalue weighted by molar-refractivity contribution is -0.144. The Kier molecular flexibility index (Phi) is 4.24. The van der Waals surface area contributed by atoms with Gasteiger partial charge in [-0.1, -0.05) is 25.1 Å². The summed E-state index contributed by atoms with van der Waals surface area (Å²) in [5, 5.41) is 14.5. The fraction of sp³-hybridized carbons (Fsp3) is 0.429. The molecule has 0 radical (unpaired) electrons. The van der Waals surface area contributed by atoms with Crippen molar-refractivity contribution in [2.45, 2.75) is 25.3 Å². The summed E-state index contributed by atoms with van der Waals surface area (Å²) < 4.78 is 5.09. The second-order valence-corrected chi connectivity index (χ2v) is 4.78. The van der Waals surface area contributed by atoms with Gasteiger partial charge in [-0.25, -0.2) is 9.59 Å². The second kappa shape index (κ2) is 5.92. The Morgan fingerprint density at radius 3 is 2.75 bits per heavy atom. The average Bonchev–Trinajstić information content (AvgIpc) is 2.89. The molecule has 1 unspecified atom stereocenters. The van der Waals surface area contributed by atoms with Crippen molar-refractivity contribution in [2.75, 3.05) is 18.5 Å². The molecule has 2 amide bonds. The van der Waals surface area contributed by atoms with Crippen LogP contribution in [0.3, 0.4) is 0 Å². The number of aliphatic carboxylic acids is 1. The van der Waals surface area contributed by atoms with Crippen LogP contribution in [0.15, 0.2) is 24.3 Å². The minimum Gasteiger partial charge on any atom is -0.479 e. The topological polar surface area (TPSA) is 87.7 Å². The number of urea groups is 1. The van der Waals surface area contributed by atoms with E-state index in [0.29, 0.717) is 12.3 Å². The Morgan fingerprint density at radius 2 is 2.15 bits per heavy atom. The van der Waals surface area contributed by atoms with Crippen molar-refractivity contribution in [3.05, 3.63) is 29.8 Å². The molecule has 1 aliphatic rings. The van der Waals surface area contributed by atoms with Gasteiger partial charge in [0.2, 0.25) is 0 Å². The van der Waals surface area contributed by atoms with Crippen molar-refractivity contribution in [1.29, 1.82) is 0 Å². The van der Waals surface area contributed by atoms with E-state index in [2.05, 4.69) is 10.6 Å². The highest BCUT2D eigenvalue weighted by Crippen LogP contribution is 2.20. The molecule has 0 bridgehead atoms. The van der Waals surface area contributed by atoms with E-state index in [0.717, 1.165) is 12.0 Å². The fourth-order valence-electron chi connectivity index (χ4n) is 2.21. The number of ether oxygens (including phenoxy) is 1. The summed E-state index contributed by atoms with van der Waals surface area (Å²) in [5.74, 6) is -1.08. The van der Waals surface area contributed by atoms with Gasteiger partial charge >= 0.3 is 12.0 Å². The summed E-state index contributed by atoms with van der Waals surface area (Å²) in [5.41, 5.74) is 0.354. The number of benzene rings is 1. The van der Waals surface area contributed by atoms with Crippen LogP contribution in [0.1, 0.15) is 18.9 Å². The number of carbonyl (C=O) groups excluding carboxylic acids is 1. The van der Waals surface area contributed by atoms with E-state index in [9.17, 15) is 14.7 Å². The second-order valence-electron chi connectivity index (χ2n) is 4.78. The van der Waals surface area contributed by atoms with Gasteiger partial charge in [0.1, 0.15) is 0 Å². The van der Waals surface area contributed by atoms with E-state index in [4.69, 9.17) is 4.74 Å². The third-order valence-electron chi connectivity index (χ3n) is 3.43. The molecule has 3 N–H and O–H groups in total. The zero-order chi connectivity index (χ0) is 14.6. The van der Waals surface area contributed by atoms with Crippen molar-refractivity contribution >= 4 is 17.7 Å². The number of anilines is 1. The average molecular weight is 278 g/mol. The highest BCUT2D eigenvalue weighted by atomic mass is 16.5. The van der Waals surface area contributed by atoms with Gasteiger partial charge in [-0.15, -0.1) is 0 Å². The molecule has 1 aromatic rings. The number of carboxylic acid groups (broad SMARTS) is 1. The minimum absolute atomic E-state index is 0.00875. The molecule has 1 aromatic carbocycles. The number of rotatable bonds is 4. The van der Waals surface area contributed by atoms with E-state index < -0.39 is 17.5 Å². The lowest BCUT2D eigenvalue weighted by Crippen LogP contribution is -2.56. The van der Waals surface area contributed by atoms with E-state index in [1.54, 1.807) is 6.07 Å². The molecule has 1 fully saturated rings. The number of carboxylic acids is 1. The third-order valence-corrected chi connectivity index (χ3v) is 3.43. The standard InChI is InChI=1S/C14H18N2O4/c1-2-10-5-3-4-6-11(10)15-13(19)16-14(12(17)18)7-8-20-9-14/h3-6H,2,7-9H2,1H3,(H,17,18)(H2,15,16,19). The third kappa shape index (κ3) is 2.91. The molecular formula is C14H18N2O4. The highest BCUT2D eigenvalue weighted by Gasteiger charge is 2.44. The van der Waals surface area contributed by atoms with Crippen LogP contribution >= 0.6 is 0 Å². The maximum absolute atomic E-state index is 12.0. The van der Waals surface area contributed by atoms with Gasteiger partial charge in [-0.3, -0.25) is 0 Å². The molecule has 108 valence electrons. The first-order valence-electron chi connectivity index (χ1n) is 6.55. The van der Waals surface area contributed by atoms with E-state index >= 15 is 0 Å². The molecule has 6 heteroatoms. The molecule has 0 saturated carbocycles. The fourth-order valence-corrected chi connectivity index (χ4v) is 2.21. The molecule has 0 aliphatic carbocycles. The summed E-state index contributed by atoms with van der Waals surface area (Å²) in [4.78, 5) is 23.3. The molecule has 6 nitrogen and oxygen atoms in total. The molecule has 0 spiro atoms. The minimum atomic E-state index is -1.33. The Morgan fingerprint density at radius 1 is 1.40 bits per heavy atom. The first-order valence-corrected chi connectivity index (χ1v) is 6.55. The van der Waals surface area contributed by atoms with Crippen LogP contribution in [0.5, 0.6) is 0 Å². The summed E-state index contributed by atoms with van der Waals surface area (Å²) in [7, 11) is 0. The quantitative estimate of drug-likeness (QED) is 0.781. The molecular weight excluding hydrogens is 260 g/mol. The molecule has 1 aliphatic heterocycles. The van der Waals surface area contributed by atoms with E-state index in [1.165, 1.54) is 0 Å². The maximum atomic E-state index is 12.0. The lowest BCUT2D eigenvalue weighted by atomic mass is 9.99. The van der Waals surface area contributed by atoms with Crippen LogP contribution in [0, 0.1) is 0 Å². The van der Waals surface area contributed by atoms with Crippen LogP contribution in [0.2, 0.25) is 0 Å². The molecule has 1 atom stereocenters. The van der Waals surface area contributed by atoms with Gasteiger partial charge < -0.3 is 20.5 Å². The van der Waals surface area contributed by atoms with Gasteiger partial charge in [-0.2, -0.15) is 0 Å². The Balaban J connectivity index is 2.07.